The second-order valence-electron chi connectivity index (χ2n) is 5.99. The summed E-state index contributed by atoms with van der Waals surface area (Å²) in [6.45, 7) is 5.57. The molecule has 0 aromatic carbocycles. The molecule has 0 spiro atoms. The fourth-order valence-electron chi connectivity index (χ4n) is 2.52. The number of aromatic nitrogens is 1. The van der Waals surface area contributed by atoms with Gasteiger partial charge in [0.2, 0.25) is 5.88 Å². The van der Waals surface area contributed by atoms with Crippen LogP contribution in [0, 0.1) is 5.41 Å². The molecule has 0 saturated heterocycles. The molecule has 0 unspecified atom stereocenters. The Balaban J connectivity index is 1.81. The van der Waals surface area contributed by atoms with Crippen LogP contribution in [0.2, 0.25) is 0 Å². The van der Waals surface area contributed by atoms with Crippen LogP contribution < -0.4 is 10.1 Å². The minimum absolute atomic E-state index is 0.534. The van der Waals surface area contributed by atoms with E-state index in [1.165, 1.54) is 25.7 Å². The smallest absolute Gasteiger partial charge is 0.213 e. The van der Waals surface area contributed by atoms with E-state index in [4.69, 9.17) is 4.74 Å². The number of pyridine rings is 1. The van der Waals surface area contributed by atoms with Crippen molar-refractivity contribution in [1.29, 1.82) is 0 Å². The van der Waals surface area contributed by atoms with E-state index in [1.54, 1.807) is 7.11 Å². The van der Waals surface area contributed by atoms with Crippen molar-refractivity contribution < 1.29 is 4.74 Å². The molecule has 100 valence electrons. The average molecular weight is 248 g/mol. The molecule has 1 fully saturated rings. The van der Waals surface area contributed by atoms with Crippen LogP contribution in [0.4, 0.5) is 0 Å². The lowest BCUT2D eigenvalue weighted by Crippen LogP contribution is -2.35. The number of ether oxygens (including phenoxy) is 1. The Morgan fingerprint density at radius 1 is 1.33 bits per heavy atom. The normalized spacial score (nSPS) is 19.7. The van der Waals surface area contributed by atoms with Crippen molar-refractivity contribution in [3.63, 3.8) is 0 Å². The Hall–Kier alpha value is -1.09. The molecule has 0 aliphatic heterocycles. The topological polar surface area (TPSA) is 34.1 Å². The fourth-order valence-corrected chi connectivity index (χ4v) is 2.52. The summed E-state index contributed by atoms with van der Waals surface area (Å²) in [4.78, 5) is 4.42. The molecule has 18 heavy (non-hydrogen) atoms. The summed E-state index contributed by atoms with van der Waals surface area (Å²) in [5.41, 5.74) is 1.59. The van der Waals surface area contributed by atoms with Crippen LogP contribution in [0.15, 0.2) is 18.2 Å². The van der Waals surface area contributed by atoms with Crippen molar-refractivity contribution in [2.75, 3.05) is 7.11 Å². The predicted octanol–water partition coefficient (Wildman–Crippen LogP) is 3.15. The summed E-state index contributed by atoms with van der Waals surface area (Å²) >= 11 is 0. The molecule has 0 atom stereocenters. The highest BCUT2D eigenvalue weighted by Crippen LogP contribution is 2.35. The molecule has 3 nitrogen and oxygen atoms in total. The minimum atomic E-state index is 0.534. The third kappa shape index (κ3) is 3.70. The molecule has 2 rings (SSSR count). The van der Waals surface area contributed by atoms with E-state index in [9.17, 15) is 0 Å². The summed E-state index contributed by atoms with van der Waals surface area (Å²) in [5.74, 6) is 0.694. The fraction of sp³-hybridized carbons (Fsp3) is 0.667. The van der Waals surface area contributed by atoms with Gasteiger partial charge in [0, 0.05) is 18.7 Å². The molecular weight excluding hydrogens is 224 g/mol. The SMILES string of the molecule is COc1cccc(CNC2CCC(C)(C)CC2)n1. The summed E-state index contributed by atoms with van der Waals surface area (Å²) < 4.78 is 5.14. The van der Waals surface area contributed by atoms with Crippen molar-refractivity contribution in [3.8, 4) is 5.88 Å². The lowest BCUT2D eigenvalue weighted by Gasteiger charge is -2.34. The summed E-state index contributed by atoms with van der Waals surface area (Å²) in [5, 5.41) is 3.61. The van der Waals surface area contributed by atoms with Crippen molar-refractivity contribution in [1.82, 2.24) is 10.3 Å². The van der Waals surface area contributed by atoms with Crippen molar-refractivity contribution in [2.45, 2.75) is 52.1 Å². The highest BCUT2D eigenvalue weighted by Gasteiger charge is 2.26. The van der Waals surface area contributed by atoms with Gasteiger partial charge in [0.25, 0.3) is 0 Å². The van der Waals surface area contributed by atoms with Crippen molar-refractivity contribution >= 4 is 0 Å². The van der Waals surface area contributed by atoms with Crippen LogP contribution in [0.5, 0.6) is 5.88 Å². The molecule has 1 aliphatic rings. The molecular formula is C15H24N2O. The molecule has 1 saturated carbocycles. The number of rotatable bonds is 4. The van der Waals surface area contributed by atoms with Gasteiger partial charge >= 0.3 is 0 Å². The van der Waals surface area contributed by atoms with Gasteiger partial charge < -0.3 is 10.1 Å². The van der Waals surface area contributed by atoms with Gasteiger partial charge in [-0.2, -0.15) is 0 Å². The molecule has 0 amide bonds. The highest BCUT2D eigenvalue weighted by molar-refractivity contribution is 5.15. The molecule has 1 aromatic heterocycles. The van der Waals surface area contributed by atoms with Gasteiger partial charge in [-0.05, 0) is 37.2 Å². The first-order valence-corrected chi connectivity index (χ1v) is 6.82. The third-order valence-electron chi connectivity index (χ3n) is 3.90. The van der Waals surface area contributed by atoms with E-state index < -0.39 is 0 Å². The first kappa shape index (κ1) is 13.3. The third-order valence-corrected chi connectivity index (χ3v) is 3.90. The Bertz CT molecular complexity index is 380. The minimum Gasteiger partial charge on any atom is -0.481 e. The number of nitrogens with one attached hydrogen (secondary N) is 1. The molecule has 0 radical (unpaired) electrons. The second kappa shape index (κ2) is 5.70. The zero-order valence-corrected chi connectivity index (χ0v) is 11.7. The first-order chi connectivity index (χ1) is 8.59. The Labute approximate surface area is 110 Å². The van der Waals surface area contributed by atoms with Crippen LogP contribution in [0.3, 0.4) is 0 Å². The number of methoxy groups -OCH3 is 1. The summed E-state index contributed by atoms with van der Waals surface area (Å²) in [6.07, 6.45) is 5.18. The number of hydrogen-bond donors (Lipinski definition) is 1. The van der Waals surface area contributed by atoms with Gasteiger partial charge in [-0.25, -0.2) is 4.98 Å². The maximum absolute atomic E-state index is 5.14. The lowest BCUT2D eigenvalue weighted by molar-refractivity contribution is 0.205. The van der Waals surface area contributed by atoms with Crippen LogP contribution >= 0.6 is 0 Å². The Kier molecular flexibility index (Phi) is 4.23. The van der Waals surface area contributed by atoms with E-state index in [0.717, 1.165) is 12.2 Å². The second-order valence-corrected chi connectivity index (χ2v) is 5.99. The molecule has 0 bridgehead atoms. The zero-order chi connectivity index (χ0) is 13.0. The van der Waals surface area contributed by atoms with E-state index in [0.29, 0.717) is 17.3 Å². The quantitative estimate of drug-likeness (QED) is 0.888. The largest absolute Gasteiger partial charge is 0.481 e. The van der Waals surface area contributed by atoms with Gasteiger partial charge in [-0.1, -0.05) is 19.9 Å². The summed E-state index contributed by atoms with van der Waals surface area (Å²) in [7, 11) is 1.66. The van der Waals surface area contributed by atoms with Gasteiger partial charge in [0.15, 0.2) is 0 Å². The number of hydrogen-bond acceptors (Lipinski definition) is 3. The standard InChI is InChI=1S/C15H24N2O/c1-15(2)9-7-12(8-10-15)16-11-13-5-4-6-14(17-13)18-3/h4-6,12,16H,7-11H2,1-3H3. The molecule has 1 aromatic rings. The van der Waals surface area contributed by atoms with Crippen LogP contribution in [-0.4, -0.2) is 18.1 Å². The monoisotopic (exact) mass is 248 g/mol. The molecule has 1 aliphatic carbocycles. The van der Waals surface area contributed by atoms with Crippen molar-refractivity contribution in [3.05, 3.63) is 23.9 Å². The Morgan fingerprint density at radius 3 is 2.72 bits per heavy atom. The Morgan fingerprint density at radius 2 is 2.06 bits per heavy atom. The summed E-state index contributed by atoms with van der Waals surface area (Å²) in [6, 6.07) is 6.56. The van der Waals surface area contributed by atoms with Gasteiger partial charge in [-0.15, -0.1) is 0 Å². The molecule has 1 heterocycles. The van der Waals surface area contributed by atoms with Crippen LogP contribution in [0.1, 0.15) is 45.2 Å². The average Bonchev–Trinajstić information content (AvgIpc) is 2.38. The van der Waals surface area contributed by atoms with Gasteiger partial charge in [0.05, 0.1) is 12.8 Å². The molecule has 3 heteroatoms. The van der Waals surface area contributed by atoms with E-state index in [1.807, 2.05) is 18.2 Å². The van der Waals surface area contributed by atoms with E-state index in [2.05, 4.69) is 24.1 Å². The predicted molar refractivity (Wildman–Crippen MR) is 73.7 cm³/mol. The zero-order valence-electron chi connectivity index (χ0n) is 11.7. The van der Waals surface area contributed by atoms with Crippen molar-refractivity contribution in [2.24, 2.45) is 5.41 Å². The van der Waals surface area contributed by atoms with E-state index >= 15 is 0 Å². The maximum Gasteiger partial charge on any atom is 0.213 e. The van der Waals surface area contributed by atoms with Gasteiger partial charge in [-0.3, -0.25) is 0 Å². The maximum atomic E-state index is 5.14. The van der Waals surface area contributed by atoms with Crippen LogP contribution in [0.25, 0.3) is 0 Å². The lowest BCUT2D eigenvalue weighted by atomic mass is 9.75. The molecule has 1 N–H and O–H groups in total. The van der Waals surface area contributed by atoms with Crippen LogP contribution in [-0.2, 0) is 6.54 Å². The van der Waals surface area contributed by atoms with E-state index in [-0.39, 0.29) is 0 Å². The highest BCUT2D eigenvalue weighted by atomic mass is 16.5. The van der Waals surface area contributed by atoms with Gasteiger partial charge in [0.1, 0.15) is 0 Å². The number of nitrogens with zero attached hydrogens (tertiary/aromatic N) is 1. The first-order valence-electron chi connectivity index (χ1n) is 6.82.